The van der Waals surface area contributed by atoms with Crippen LogP contribution in [0.3, 0.4) is 0 Å². The molecule has 1 rings (SSSR count). The lowest BCUT2D eigenvalue weighted by atomic mass is 10.1. The average molecular weight is 150 g/mol. The molecule has 1 aromatic rings. The Hall–Kier alpha value is -1.02. The summed E-state index contributed by atoms with van der Waals surface area (Å²) in [7, 11) is 0. The zero-order valence-corrected chi connectivity index (χ0v) is 6.75. The molecule has 0 aliphatic carbocycles. The molecule has 11 heavy (non-hydrogen) atoms. The zero-order chi connectivity index (χ0) is 8.27. The minimum absolute atomic E-state index is 0.149. The van der Waals surface area contributed by atoms with Crippen LogP contribution in [0.2, 0.25) is 0 Å². The van der Waals surface area contributed by atoms with Gasteiger partial charge in [0.05, 0.1) is 0 Å². The number of hydrogen-bond acceptors (Lipinski definition) is 2. The Morgan fingerprint density at radius 2 is 1.82 bits per heavy atom. The summed E-state index contributed by atoms with van der Waals surface area (Å²) >= 11 is 0. The van der Waals surface area contributed by atoms with Gasteiger partial charge in [-0.25, -0.2) is 0 Å². The number of nitrogen functional groups attached to an aromatic ring is 1. The van der Waals surface area contributed by atoms with E-state index in [9.17, 15) is 0 Å². The molecular formula is C9H14N2. The topological polar surface area (TPSA) is 52.0 Å². The van der Waals surface area contributed by atoms with Crippen LogP contribution < -0.4 is 11.5 Å². The van der Waals surface area contributed by atoms with E-state index < -0.39 is 0 Å². The van der Waals surface area contributed by atoms with Crippen molar-refractivity contribution in [2.24, 2.45) is 5.73 Å². The van der Waals surface area contributed by atoms with Crippen LogP contribution in [0.15, 0.2) is 24.3 Å². The Bertz CT molecular complexity index is 216. The third-order valence-corrected chi connectivity index (χ3v) is 1.80. The second-order valence-electron chi connectivity index (χ2n) is 2.68. The molecule has 0 spiro atoms. The van der Waals surface area contributed by atoms with Crippen LogP contribution in [-0.4, -0.2) is 0 Å². The molecule has 0 fully saturated rings. The fraction of sp³-hybridized carbons (Fsp3) is 0.333. The predicted octanol–water partition coefficient (Wildman–Crippen LogP) is 1.68. The van der Waals surface area contributed by atoms with Gasteiger partial charge in [-0.1, -0.05) is 19.1 Å². The van der Waals surface area contributed by atoms with E-state index in [1.807, 2.05) is 24.3 Å². The standard InChI is InChI=1S/C9H14N2/c1-2-9(11)7-3-5-8(10)6-4-7/h3-6,9H,2,10-11H2,1H3/t9-/m1/s1. The lowest BCUT2D eigenvalue weighted by Crippen LogP contribution is -2.08. The number of benzene rings is 1. The summed E-state index contributed by atoms with van der Waals surface area (Å²) in [6.45, 7) is 2.07. The van der Waals surface area contributed by atoms with Crippen LogP contribution in [0.1, 0.15) is 24.9 Å². The zero-order valence-electron chi connectivity index (χ0n) is 6.75. The van der Waals surface area contributed by atoms with Crippen molar-refractivity contribution in [3.8, 4) is 0 Å². The normalized spacial score (nSPS) is 12.9. The number of nitrogens with two attached hydrogens (primary N) is 2. The summed E-state index contributed by atoms with van der Waals surface area (Å²) in [5.74, 6) is 0. The highest BCUT2D eigenvalue weighted by atomic mass is 14.6. The van der Waals surface area contributed by atoms with Crippen molar-refractivity contribution in [2.45, 2.75) is 19.4 Å². The van der Waals surface area contributed by atoms with Gasteiger partial charge in [0.25, 0.3) is 0 Å². The van der Waals surface area contributed by atoms with Crippen molar-refractivity contribution in [3.05, 3.63) is 29.8 Å². The molecule has 0 unspecified atom stereocenters. The molecule has 0 bridgehead atoms. The summed E-state index contributed by atoms with van der Waals surface area (Å²) in [6, 6.07) is 7.86. The van der Waals surface area contributed by atoms with Crippen LogP contribution >= 0.6 is 0 Å². The van der Waals surface area contributed by atoms with Crippen LogP contribution in [0, 0.1) is 0 Å². The van der Waals surface area contributed by atoms with Gasteiger partial charge in [0.1, 0.15) is 0 Å². The highest BCUT2D eigenvalue weighted by Gasteiger charge is 2.00. The first kappa shape index (κ1) is 8.08. The van der Waals surface area contributed by atoms with Gasteiger partial charge in [0, 0.05) is 11.7 Å². The highest BCUT2D eigenvalue weighted by Crippen LogP contribution is 2.14. The Kier molecular flexibility index (Phi) is 2.49. The molecule has 0 amide bonds. The second-order valence-corrected chi connectivity index (χ2v) is 2.68. The van der Waals surface area contributed by atoms with Crippen LogP contribution in [0.5, 0.6) is 0 Å². The first-order valence-corrected chi connectivity index (χ1v) is 3.85. The fourth-order valence-electron chi connectivity index (χ4n) is 0.979. The van der Waals surface area contributed by atoms with Crippen molar-refractivity contribution in [2.75, 3.05) is 5.73 Å². The molecule has 0 aromatic heterocycles. The maximum absolute atomic E-state index is 5.80. The molecule has 2 heteroatoms. The van der Waals surface area contributed by atoms with E-state index in [4.69, 9.17) is 11.5 Å². The van der Waals surface area contributed by atoms with Gasteiger partial charge in [-0.3, -0.25) is 0 Å². The molecule has 1 aromatic carbocycles. The molecule has 0 saturated carbocycles. The van der Waals surface area contributed by atoms with Gasteiger partial charge in [-0.15, -0.1) is 0 Å². The fourth-order valence-corrected chi connectivity index (χ4v) is 0.979. The molecule has 0 aliphatic heterocycles. The summed E-state index contributed by atoms with van der Waals surface area (Å²) in [4.78, 5) is 0. The van der Waals surface area contributed by atoms with Gasteiger partial charge in [0.2, 0.25) is 0 Å². The van der Waals surface area contributed by atoms with Crippen molar-refractivity contribution in [1.82, 2.24) is 0 Å². The monoisotopic (exact) mass is 150 g/mol. The van der Waals surface area contributed by atoms with Crippen molar-refractivity contribution in [3.63, 3.8) is 0 Å². The molecule has 0 saturated heterocycles. The van der Waals surface area contributed by atoms with Gasteiger partial charge in [-0.05, 0) is 24.1 Å². The maximum Gasteiger partial charge on any atom is 0.0314 e. The van der Waals surface area contributed by atoms with Gasteiger partial charge in [0.15, 0.2) is 0 Å². The molecule has 0 heterocycles. The van der Waals surface area contributed by atoms with Gasteiger partial charge >= 0.3 is 0 Å². The highest BCUT2D eigenvalue weighted by molar-refractivity contribution is 5.39. The van der Waals surface area contributed by atoms with Gasteiger partial charge < -0.3 is 11.5 Å². The molecule has 60 valence electrons. The van der Waals surface area contributed by atoms with E-state index in [1.54, 1.807) is 0 Å². The molecular weight excluding hydrogens is 136 g/mol. The number of hydrogen-bond donors (Lipinski definition) is 2. The maximum atomic E-state index is 5.80. The van der Waals surface area contributed by atoms with E-state index in [-0.39, 0.29) is 6.04 Å². The van der Waals surface area contributed by atoms with Crippen molar-refractivity contribution < 1.29 is 0 Å². The molecule has 0 radical (unpaired) electrons. The third-order valence-electron chi connectivity index (χ3n) is 1.80. The smallest absolute Gasteiger partial charge is 0.0314 e. The third kappa shape index (κ3) is 1.95. The summed E-state index contributed by atoms with van der Waals surface area (Å²) in [5.41, 5.74) is 13.3. The molecule has 0 aliphatic rings. The van der Waals surface area contributed by atoms with E-state index in [0.717, 1.165) is 17.7 Å². The van der Waals surface area contributed by atoms with Crippen LogP contribution in [-0.2, 0) is 0 Å². The van der Waals surface area contributed by atoms with Crippen LogP contribution in [0.4, 0.5) is 5.69 Å². The molecule has 1 atom stereocenters. The predicted molar refractivity (Wildman–Crippen MR) is 48.1 cm³/mol. The Morgan fingerprint density at radius 3 is 2.27 bits per heavy atom. The second kappa shape index (κ2) is 3.39. The first-order valence-electron chi connectivity index (χ1n) is 3.85. The Labute approximate surface area is 67.2 Å². The average Bonchev–Trinajstić information content (AvgIpc) is 2.05. The quantitative estimate of drug-likeness (QED) is 0.630. The number of rotatable bonds is 2. The minimum Gasteiger partial charge on any atom is -0.399 e. The number of anilines is 1. The largest absolute Gasteiger partial charge is 0.399 e. The Morgan fingerprint density at radius 1 is 1.27 bits per heavy atom. The van der Waals surface area contributed by atoms with Gasteiger partial charge in [-0.2, -0.15) is 0 Å². The SMILES string of the molecule is CC[C@@H](N)c1ccc(N)cc1. The lowest BCUT2D eigenvalue weighted by Gasteiger charge is -2.08. The van der Waals surface area contributed by atoms with Crippen molar-refractivity contribution in [1.29, 1.82) is 0 Å². The first-order chi connectivity index (χ1) is 5.24. The Balaban J connectivity index is 2.81. The minimum atomic E-state index is 0.149. The van der Waals surface area contributed by atoms with E-state index >= 15 is 0 Å². The molecule has 2 nitrogen and oxygen atoms in total. The summed E-state index contributed by atoms with van der Waals surface area (Å²) in [5, 5.41) is 0. The van der Waals surface area contributed by atoms with E-state index in [1.165, 1.54) is 0 Å². The summed E-state index contributed by atoms with van der Waals surface area (Å²) in [6.07, 6.45) is 0.962. The van der Waals surface area contributed by atoms with E-state index in [0.29, 0.717) is 0 Å². The van der Waals surface area contributed by atoms with E-state index in [2.05, 4.69) is 6.92 Å². The lowest BCUT2D eigenvalue weighted by molar-refractivity contribution is 0.699. The summed E-state index contributed by atoms with van der Waals surface area (Å²) < 4.78 is 0. The molecule has 4 N–H and O–H groups in total. The van der Waals surface area contributed by atoms with Crippen molar-refractivity contribution >= 4 is 5.69 Å². The van der Waals surface area contributed by atoms with Crippen LogP contribution in [0.25, 0.3) is 0 Å².